The molecule has 0 aliphatic rings. The fourth-order valence-corrected chi connectivity index (χ4v) is 3.45. The first-order valence-electron chi connectivity index (χ1n) is 7.24. The maximum Gasteiger partial charge on any atom is 0.245 e. The number of nitrogens with zero attached hydrogens (tertiary/aromatic N) is 1. The van der Waals surface area contributed by atoms with Crippen LogP contribution >= 0.6 is 0 Å². The van der Waals surface area contributed by atoms with E-state index in [0.717, 1.165) is 16.8 Å². The van der Waals surface area contributed by atoms with E-state index in [4.69, 9.17) is 0 Å². The van der Waals surface area contributed by atoms with Crippen LogP contribution in [0.25, 0.3) is 0 Å². The highest BCUT2D eigenvalue weighted by molar-refractivity contribution is 7.93. The van der Waals surface area contributed by atoms with Gasteiger partial charge in [-0.15, -0.1) is 0 Å². The molecule has 1 aromatic rings. The van der Waals surface area contributed by atoms with Crippen LogP contribution in [0.15, 0.2) is 18.2 Å². The van der Waals surface area contributed by atoms with Crippen molar-refractivity contribution in [1.29, 1.82) is 0 Å². The first kappa shape index (κ1) is 17.7. The van der Waals surface area contributed by atoms with Crippen molar-refractivity contribution in [1.82, 2.24) is 0 Å². The van der Waals surface area contributed by atoms with Crippen LogP contribution in [0, 0.1) is 13.8 Å². The molecule has 0 aliphatic heterocycles. The van der Waals surface area contributed by atoms with E-state index in [1.54, 1.807) is 18.7 Å². The van der Waals surface area contributed by atoms with Crippen LogP contribution in [0.1, 0.15) is 38.8 Å². The van der Waals surface area contributed by atoms with Crippen molar-refractivity contribution in [2.24, 2.45) is 0 Å². The van der Waals surface area contributed by atoms with Crippen LogP contribution in [-0.2, 0) is 14.6 Å². The van der Waals surface area contributed by atoms with Gasteiger partial charge in [-0.3, -0.25) is 4.79 Å². The Balaban J connectivity index is 3.22. The van der Waals surface area contributed by atoms with Crippen LogP contribution < -0.4 is 4.90 Å². The molecule has 1 aromatic carbocycles. The number of amides is 1. The number of aryl methyl sites for hydroxylation is 2. The molecular formula is C16H25NO3S. The molecule has 0 heterocycles. The van der Waals surface area contributed by atoms with Crippen molar-refractivity contribution in [3.8, 4) is 0 Å². The van der Waals surface area contributed by atoms with Crippen molar-refractivity contribution in [2.75, 3.05) is 11.4 Å². The summed E-state index contributed by atoms with van der Waals surface area (Å²) in [4.78, 5) is 14.2. The zero-order valence-corrected chi connectivity index (χ0v) is 14.5. The van der Waals surface area contributed by atoms with Crippen molar-refractivity contribution in [3.05, 3.63) is 29.3 Å². The van der Waals surface area contributed by atoms with Gasteiger partial charge in [0.25, 0.3) is 0 Å². The van der Waals surface area contributed by atoms with Crippen molar-refractivity contribution < 1.29 is 13.2 Å². The molecule has 1 amide bonds. The number of carbonyl (C=O) groups is 1. The molecule has 0 radical (unpaired) electrons. The number of hydrogen-bond acceptors (Lipinski definition) is 3. The Morgan fingerprint density at radius 1 is 1.19 bits per heavy atom. The molecule has 0 bridgehead atoms. The van der Waals surface area contributed by atoms with Gasteiger partial charge in [-0.25, -0.2) is 8.42 Å². The Hall–Kier alpha value is -1.36. The lowest BCUT2D eigenvalue weighted by Crippen LogP contribution is -2.44. The largest absolute Gasteiger partial charge is 0.311 e. The lowest BCUT2D eigenvalue weighted by Gasteiger charge is -2.27. The van der Waals surface area contributed by atoms with E-state index < -0.39 is 20.3 Å². The van der Waals surface area contributed by atoms with Crippen molar-refractivity contribution in [3.63, 3.8) is 0 Å². The molecule has 0 N–H and O–H groups in total. The third kappa shape index (κ3) is 3.64. The van der Waals surface area contributed by atoms with Crippen molar-refractivity contribution in [2.45, 2.75) is 52.0 Å². The van der Waals surface area contributed by atoms with Crippen LogP contribution in [0.2, 0.25) is 0 Å². The third-order valence-corrected chi connectivity index (χ3v) is 6.24. The summed E-state index contributed by atoms with van der Waals surface area (Å²) in [5, 5.41) is -1.59. The Labute approximate surface area is 128 Å². The number of benzene rings is 1. The average Bonchev–Trinajstić information content (AvgIpc) is 2.42. The lowest BCUT2D eigenvalue weighted by atomic mass is 10.1. The number of rotatable bonds is 5. The van der Waals surface area contributed by atoms with E-state index in [-0.39, 0.29) is 5.91 Å². The second-order valence-electron chi connectivity index (χ2n) is 5.65. The lowest BCUT2D eigenvalue weighted by molar-refractivity contribution is -0.117. The van der Waals surface area contributed by atoms with Gasteiger partial charge in [-0.1, -0.05) is 12.1 Å². The Bertz CT molecular complexity index is 620. The predicted molar refractivity (Wildman–Crippen MR) is 87.5 cm³/mol. The smallest absolute Gasteiger partial charge is 0.245 e. The first-order chi connectivity index (χ1) is 9.62. The number of anilines is 1. The van der Waals surface area contributed by atoms with Gasteiger partial charge < -0.3 is 4.90 Å². The number of hydrogen-bond donors (Lipinski definition) is 0. The molecular weight excluding hydrogens is 286 g/mol. The summed E-state index contributed by atoms with van der Waals surface area (Å²) in [6.07, 6.45) is 0. The fourth-order valence-electron chi connectivity index (χ4n) is 2.22. The first-order valence-corrected chi connectivity index (χ1v) is 8.85. The molecule has 4 nitrogen and oxygen atoms in total. The zero-order chi connectivity index (χ0) is 16.4. The average molecular weight is 311 g/mol. The van der Waals surface area contributed by atoms with Crippen molar-refractivity contribution >= 4 is 21.4 Å². The van der Waals surface area contributed by atoms with Gasteiger partial charge in [0.2, 0.25) is 5.91 Å². The summed E-state index contributed by atoms with van der Waals surface area (Å²) in [5.74, 6) is -0.361. The van der Waals surface area contributed by atoms with E-state index in [9.17, 15) is 13.2 Å². The maximum atomic E-state index is 12.6. The van der Waals surface area contributed by atoms with Gasteiger partial charge in [0.15, 0.2) is 9.84 Å². The molecule has 0 spiro atoms. The van der Waals surface area contributed by atoms with E-state index in [1.807, 2.05) is 39.0 Å². The minimum absolute atomic E-state index is 0.361. The highest BCUT2D eigenvalue weighted by Crippen LogP contribution is 2.24. The molecule has 1 atom stereocenters. The van der Waals surface area contributed by atoms with E-state index in [0.29, 0.717) is 6.54 Å². The van der Waals surface area contributed by atoms with Crippen LogP contribution in [-0.4, -0.2) is 31.4 Å². The topological polar surface area (TPSA) is 54.5 Å². The molecule has 0 fully saturated rings. The van der Waals surface area contributed by atoms with Gasteiger partial charge in [0.1, 0.15) is 5.25 Å². The Morgan fingerprint density at radius 3 is 2.24 bits per heavy atom. The molecule has 21 heavy (non-hydrogen) atoms. The Morgan fingerprint density at radius 2 is 1.76 bits per heavy atom. The highest BCUT2D eigenvalue weighted by Gasteiger charge is 2.34. The fraction of sp³-hybridized carbons (Fsp3) is 0.562. The van der Waals surface area contributed by atoms with Crippen LogP contribution in [0.4, 0.5) is 5.69 Å². The standard InChI is InChI=1S/C16H25NO3S/c1-7-17(15-10-12(4)8-9-13(15)5)16(18)14(6)21(19,20)11(2)3/h8-11,14H,7H2,1-6H3/t14-/m0/s1. The molecule has 0 saturated heterocycles. The predicted octanol–water partition coefficient (Wildman–Crippen LogP) is 2.87. The number of carbonyl (C=O) groups excluding carboxylic acids is 1. The summed E-state index contributed by atoms with van der Waals surface area (Å²) < 4.78 is 24.5. The molecule has 0 saturated carbocycles. The Kier molecular flexibility index (Phi) is 5.56. The van der Waals surface area contributed by atoms with Crippen LogP contribution in [0.5, 0.6) is 0 Å². The molecule has 1 rings (SSSR count). The van der Waals surface area contributed by atoms with E-state index in [2.05, 4.69) is 0 Å². The monoisotopic (exact) mass is 311 g/mol. The summed E-state index contributed by atoms with van der Waals surface area (Å²) in [6.45, 7) is 10.9. The highest BCUT2D eigenvalue weighted by atomic mass is 32.2. The zero-order valence-electron chi connectivity index (χ0n) is 13.7. The maximum absolute atomic E-state index is 12.6. The summed E-state index contributed by atoms with van der Waals surface area (Å²) in [7, 11) is -3.45. The minimum Gasteiger partial charge on any atom is -0.311 e. The molecule has 118 valence electrons. The molecule has 0 aliphatic carbocycles. The number of sulfone groups is 1. The normalized spacial score (nSPS) is 13.3. The van der Waals surface area contributed by atoms with Gasteiger partial charge in [0, 0.05) is 12.2 Å². The SMILES string of the molecule is CCN(C(=O)[C@H](C)S(=O)(=O)C(C)C)c1cc(C)ccc1C. The summed E-state index contributed by atoms with van der Waals surface area (Å²) >= 11 is 0. The van der Waals surface area contributed by atoms with Gasteiger partial charge in [-0.2, -0.15) is 0 Å². The second kappa shape index (κ2) is 6.60. The van der Waals surface area contributed by atoms with Gasteiger partial charge in [-0.05, 0) is 58.7 Å². The minimum atomic E-state index is -3.45. The third-order valence-electron chi connectivity index (χ3n) is 3.74. The van der Waals surface area contributed by atoms with Crippen LogP contribution in [0.3, 0.4) is 0 Å². The second-order valence-corrected chi connectivity index (χ2v) is 8.48. The summed E-state index contributed by atoms with van der Waals surface area (Å²) in [5.41, 5.74) is 2.79. The van der Waals surface area contributed by atoms with Gasteiger partial charge >= 0.3 is 0 Å². The molecule has 5 heteroatoms. The summed E-state index contributed by atoms with van der Waals surface area (Å²) in [6, 6.07) is 5.85. The van der Waals surface area contributed by atoms with E-state index in [1.165, 1.54) is 6.92 Å². The molecule has 0 aromatic heterocycles. The van der Waals surface area contributed by atoms with E-state index >= 15 is 0 Å². The van der Waals surface area contributed by atoms with Gasteiger partial charge in [0.05, 0.1) is 5.25 Å². The quantitative estimate of drug-likeness (QED) is 0.840. The molecule has 0 unspecified atom stereocenters.